The molecule has 2 amide bonds. The fourth-order valence-corrected chi connectivity index (χ4v) is 3.73. The molecule has 0 aliphatic carbocycles. The third-order valence-corrected chi connectivity index (χ3v) is 5.45. The summed E-state index contributed by atoms with van der Waals surface area (Å²) in [5.41, 5.74) is 2.01. The molecule has 0 radical (unpaired) electrons. The number of nitrogens with one attached hydrogen (secondary N) is 1. The van der Waals surface area contributed by atoms with Gasteiger partial charge < -0.3 is 15.0 Å². The van der Waals surface area contributed by atoms with Gasteiger partial charge in [0.05, 0.1) is 7.11 Å². The second kappa shape index (κ2) is 10.5. The molecule has 1 aromatic carbocycles. The molecule has 0 aromatic heterocycles. The number of amides is 2. The molecule has 0 spiro atoms. The van der Waals surface area contributed by atoms with Gasteiger partial charge in [0.25, 0.3) is 0 Å². The van der Waals surface area contributed by atoms with E-state index < -0.39 is 0 Å². The number of piperidine rings is 1. The Morgan fingerprint density at radius 3 is 2.56 bits per heavy atom. The summed E-state index contributed by atoms with van der Waals surface area (Å²) < 4.78 is 4.67. The quantitative estimate of drug-likeness (QED) is 0.721. The van der Waals surface area contributed by atoms with E-state index in [0.29, 0.717) is 12.8 Å². The van der Waals surface area contributed by atoms with Crippen LogP contribution >= 0.6 is 12.4 Å². The Balaban J connectivity index is 0.00000261. The van der Waals surface area contributed by atoms with Crippen LogP contribution in [-0.4, -0.2) is 56.7 Å². The van der Waals surface area contributed by atoms with Crippen LogP contribution < -0.4 is 10.2 Å². The van der Waals surface area contributed by atoms with E-state index in [1.54, 1.807) is 0 Å². The van der Waals surface area contributed by atoms with Crippen molar-refractivity contribution in [3.63, 3.8) is 0 Å². The van der Waals surface area contributed by atoms with E-state index >= 15 is 0 Å². The Kier molecular flexibility index (Phi) is 8.38. The summed E-state index contributed by atoms with van der Waals surface area (Å²) in [4.78, 5) is 27.8. The molecule has 0 bridgehead atoms. The van der Waals surface area contributed by atoms with Crippen molar-refractivity contribution in [1.29, 1.82) is 0 Å². The van der Waals surface area contributed by atoms with Crippen LogP contribution in [0.2, 0.25) is 0 Å². The molecule has 2 aliphatic heterocycles. The molecule has 0 saturated carbocycles. The first-order chi connectivity index (χ1) is 12.7. The van der Waals surface area contributed by atoms with Crippen LogP contribution in [0.4, 0.5) is 10.5 Å². The molecule has 27 heavy (non-hydrogen) atoms. The lowest BCUT2D eigenvalue weighted by Crippen LogP contribution is -2.34. The van der Waals surface area contributed by atoms with E-state index in [9.17, 15) is 9.59 Å². The standard InChI is InChI=1S/C20H29N3O3.ClH/c1-26-19(24)7-4-16-2-5-18(6-3-16)23-15-14-22(20(23)25)13-10-17-8-11-21-12-9-17;/h2-3,5-6,17,21H,4,7-15H2,1H3;1H. The van der Waals surface area contributed by atoms with E-state index in [-0.39, 0.29) is 24.4 Å². The van der Waals surface area contributed by atoms with Gasteiger partial charge in [-0.15, -0.1) is 12.4 Å². The number of benzene rings is 1. The first kappa shape index (κ1) is 21.5. The van der Waals surface area contributed by atoms with Crippen LogP contribution in [0, 0.1) is 5.92 Å². The van der Waals surface area contributed by atoms with E-state index in [1.807, 2.05) is 34.1 Å². The molecule has 2 heterocycles. The van der Waals surface area contributed by atoms with Crippen LogP contribution in [0.1, 0.15) is 31.2 Å². The zero-order chi connectivity index (χ0) is 18.4. The summed E-state index contributed by atoms with van der Waals surface area (Å²) in [6, 6.07) is 8.04. The Morgan fingerprint density at radius 1 is 1.19 bits per heavy atom. The van der Waals surface area contributed by atoms with Gasteiger partial charge in [0.1, 0.15) is 0 Å². The van der Waals surface area contributed by atoms with Gasteiger partial charge >= 0.3 is 12.0 Å². The highest BCUT2D eigenvalue weighted by Crippen LogP contribution is 2.23. The molecule has 2 saturated heterocycles. The lowest BCUT2D eigenvalue weighted by Gasteiger charge is -2.25. The van der Waals surface area contributed by atoms with Crippen LogP contribution in [0.3, 0.4) is 0 Å². The van der Waals surface area contributed by atoms with Gasteiger partial charge in [-0.2, -0.15) is 0 Å². The number of rotatable bonds is 7. The number of aryl methyl sites for hydroxylation is 1. The van der Waals surface area contributed by atoms with Gasteiger partial charge in [-0.3, -0.25) is 9.69 Å². The number of hydrogen-bond acceptors (Lipinski definition) is 4. The average molecular weight is 396 g/mol. The minimum absolute atomic E-state index is 0. The zero-order valence-electron chi connectivity index (χ0n) is 16.0. The van der Waals surface area contributed by atoms with Gasteiger partial charge in [-0.1, -0.05) is 12.1 Å². The molecule has 0 unspecified atom stereocenters. The second-order valence-corrected chi connectivity index (χ2v) is 7.15. The van der Waals surface area contributed by atoms with Gasteiger partial charge in [0.2, 0.25) is 0 Å². The summed E-state index contributed by atoms with van der Waals surface area (Å²) in [5, 5.41) is 3.39. The second-order valence-electron chi connectivity index (χ2n) is 7.15. The molecule has 2 aliphatic rings. The van der Waals surface area contributed by atoms with E-state index in [1.165, 1.54) is 20.0 Å². The number of anilines is 1. The minimum Gasteiger partial charge on any atom is -0.469 e. The monoisotopic (exact) mass is 395 g/mol. The topological polar surface area (TPSA) is 61.9 Å². The third kappa shape index (κ3) is 5.84. The lowest BCUT2D eigenvalue weighted by atomic mass is 9.94. The number of methoxy groups -OCH3 is 1. The molecule has 150 valence electrons. The predicted octanol–water partition coefficient (Wildman–Crippen LogP) is 2.85. The Labute approximate surface area is 167 Å². The number of halogens is 1. The molecule has 0 atom stereocenters. The molecule has 1 aromatic rings. The zero-order valence-corrected chi connectivity index (χ0v) is 16.8. The first-order valence-electron chi connectivity index (χ1n) is 9.60. The van der Waals surface area contributed by atoms with Gasteiger partial charge in [0, 0.05) is 31.7 Å². The van der Waals surface area contributed by atoms with Gasteiger partial charge in [0.15, 0.2) is 0 Å². The normalized spacial score (nSPS) is 17.7. The van der Waals surface area contributed by atoms with Gasteiger partial charge in [-0.05, 0) is 62.4 Å². The Morgan fingerprint density at radius 2 is 1.89 bits per heavy atom. The summed E-state index contributed by atoms with van der Waals surface area (Å²) >= 11 is 0. The predicted molar refractivity (Wildman–Crippen MR) is 109 cm³/mol. The highest BCUT2D eigenvalue weighted by atomic mass is 35.5. The lowest BCUT2D eigenvalue weighted by molar-refractivity contribution is -0.140. The van der Waals surface area contributed by atoms with Crippen molar-refractivity contribution in [2.45, 2.75) is 32.1 Å². The van der Waals surface area contributed by atoms with E-state index in [2.05, 4.69) is 10.1 Å². The largest absolute Gasteiger partial charge is 0.469 e. The van der Waals surface area contributed by atoms with Crippen molar-refractivity contribution in [3.05, 3.63) is 29.8 Å². The maximum Gasteiger partial charge on any atom is 0.324 e. The molecular weight excluding hydrogens is 366 g/mol. The smallest absolute Gasteiger partial charge is 0.324 e. The fraction of sp³-hybridized carbons (Fsp3) is 0.600. The molecule has 2 fully saturated rings. The highest BCUT2D eigenvalue weighted by Gasteiger charge is 2.29. The number of nitrogens with zero attached hydrogens (tertiary/aromatic N) is 2. The van der Waals surface area contributed by atoms with Crippen molar-refractivity contribution in [2.24, 2.45) is 5.92 Å². The number of carbonyl (C=O) groups is 2. The van der Waals surface area contributed by atoms with Crippen LogP contribution in [0.25, 0.3) is 0 Å². The van der Waals surface area contributed by atoms with Crippen LogP contribution in [-0.2, 0) is 16.0 Å². The van der Waals surface area contributed by atoms with Crippen molar-refractivity contribution in [2.75, 3.05) is 44.7 Å². The number of urea groups is 1. The highest BCUT2D eigenvalue weighted by molar-refractivity contribution is 5.94. The van der Waals surface area contributed by atoms with Crippen LogP contribution in [0.5, 0.6) is 0 Å². The van der Waals surface area contributed by atoms with Gasteiger partial charge in [-0.25, -0.2) is 4.79 Å². The molecule has 6 nitrogen and oxygen atoms in total. The number of ether oxygens (including phenoxy) is 1. The summed E-state index contributed by atoms with van der Waals surface area (Å²) in [6.45, 7) is 4.61. The average Bonchev–Trinajstić information content (AvgIpc) is 3.06. The Hall–Kier alpha value is -1.79. The first-order valence-corrected chi connectivity index (χ1v) is 9.60. The fourth-order valence-electron chi connectivity index (χ4n) is 3.73. The van der Waals surface area contributed by atoms with E-state index in [4.69, 9.17) is 0 Å². The summed E-state index contributed by atoms with van der Waals surface area (Å²) in [6.07, 6.45) is 4.58. The van der Waals surface area contributed by atoms with Crippen molar-refractivity contribution >= 4 is 30.1 Å². The number of esters is 1. The van der Waals surface area contributed by atoms with Crippen molar-refractivity contribution in [3.8, 4) is 0 Å². The van der Waals surface area contributed by atoms with Crippen LogP contribution in [0.15, 0.2) is 24.3 Å². The van der Waals surface area contributed by atoms with E-state index in [0.717, 1.165) is 56.3 Å². The molecular formula is C20H30ClN3O3. The summed E-state index contributed by atoms with van der Waals surface area (Å²) in [7, 11) is 1.40. The van der Waals surface area contributed by atoms with Crippen molar-refractivity contribution < 1.29 is 14.3 Å². The third-order valence-electron chi connectivity index (χ3n) is 5.45. The maximum absolute atomic E-state index is 12.7. The Bertz CT molecular complexity index is 617. The van der Waals surface area contributed by atoms with Crippen molar-refractivity contribution in [1.82, 2.24) is 10.2 Å². The molecule has 3 rings (SSSR count). The SMILES string of the molecule is COC(=O)CCc1ccc(N2CCN(CCC3CCNCC3)C2=O)cc1.Cl. The molecule has 1 N–H and O–H groups in total. The number of hydrogen-bond donors (Lipinski definition) is 1. The summed E-state index contributed by atoms with van der Waals surface area (Å²) in [5.74, 6) is 0.542. The minimum atomic E-state index is -0.201. The maximum atomic E-state index is 12.7. The molecule has 7 heteroatoms. The number of carbonyl (C=O) groups excluding carboxylic acids is 2.